The van der Waals surface area contributed by atoms with Gasteiger partial charge in [0.05, 0.1) is 4.90 Å². The van der Waals surface area contributed by atoms with Gasteiger partial charge in [0.2, 0.25) is 10.0 Å². The summed E-state index contributed by atoms with van der Waals surface area (Å²) in [5, 5.41) is 9.29. The molecule has 0 aromatic heterocycles. The van der Waals surface area contributed by atoms with Crippen LogP contribution in [0.1, 0.15) is 31.2 Å². The zero-order chi connectivity index (χ0) is 15.6. The Hall–Kier alpha value is -0.820. The number of rotatable bonds is 5. The zero-order valence-electron chi connectivity index (χ0n) is 12.0. The van der Waals surface area contributed by atoms with Crippen LogP contribution in [-0.4, -0.2) is 37.0 Å². The number of benzene rings is 1. The Bertz CT molecular complexity index is 596. The molecule has 1 aromatic carbocycles. The summed E-state index contributed by atoms with van der Waals surface area (Å²) in [4.78, 5) is 0.145. The normalized spacial score (nSPS) is 20.0. The molecule has 118 valence electrons. The summed E-state index contributed by atoms with van der Waals surface area (Å²) in [6.07, 6.45) is 2.94. The first-order valence-electron chi connectivity index (χ1n) is 7.06. The molecule has 0 aliphatic carbocycles. The predicted molar refractivity (Wildman–Crippen MR) is 83.8 cm³/mol. The van der Waals surface area contributed by atoms with Crippen LogP contribution in [0.2, 0.25) is 5.02 Å². The predicted octanol–water partition coefficient (Wildman–Crippen LogP) is 2.16. The van der Waals surface area contributed by atoms with Crippen LogP contribution in [0.4, 0.5) is 5.69 Å². The topological polar surface area (TPSA) is 83.6 Å². The number of anilines is 1. The third-order valence-electron chi connectivity index (χ3n) is 3.98. The standard InChI is InChI=1S/C14H21ClN2O3S/c1-10-13(15)8-12(9-14(10)16)21(19,20)17-6-2-4-11(17)5-3-7-18/h8-9,11,18H,2-7,16H2,1H3. The van der Waals surface area contributed by atoms with E-state index >= 15 is 0 Å². The first-order chi connectivity index (χ1) is 9.87. The largest absolute Gasteiger partial charge is 0.398 e. The third kappa shape index (κ3) is 3.34. The molecule has 7 heteroatoms. The van der Waals surface area contributed by atoms with Gasteiger partial charge in [-0.05, 0) is 50.3 Å². The zero-order valence-corrected chi connectivity index (χ0v) is 13.6. The molecule has 0 spiro atoms. The minimum atomic E-state index is -3.59. The van der Waals surface area contributed by atoms with Crippen molar-refractivity contribution in [2.24, 2.45) is 0 Å². The van der Waals surface area contributed by atoms with E-state index in [2.05, 4.69) is 0 Å². The Morgan fingerprint density at radius 3 is 2.81 bits per heavy atom. The van der Waals surface area contributed by atoms with E-state index in [0.29, 0.717) is 35.7 Å². The summed E-state index contributed by atoms with van der Waals surface area (Å²) >= 11 is 6.06. The van der Waals surface area contributed by atoms with E-state index in [1.807, 2.05) is 0 Å². The maximum absolute atomic E-state index is 12.8. The highest BCUT2D eigenvalue weighted by atomic mass is 35.5. The van der Waals surface area contributed by atoms with Crippen LogP contribution < -0.4 is 5.73 Å². The molecule has 1 fully saturated rings. The van der Waals surface area contributed by atoms with Gasteiger partial charge >= 0.3 is 0 Å². The fraction of sp³-hybridized carbons (Fsp3) is 0.571. The summed E-state index contributed by atoms with van der Waals surface area (Å²) in [6.45, 7) is 2.34. The lowest BCUT2D eigenvalue weighted by molar-refractivity contribution is 0.264. The Morgan fingerprint density at radius 1 is 1.48 bits per heavy atom. The molecule has 2 rings (SSSR count). The smallest absolute Gasteiger partial charge is 0.243 e. The second kappa shape index (κ2) is 6.52. The Labute approximate surface area is 130 Å². The average molecular weight is 333 g/mol. The van der Waals surface area contributed by atoms with Crippen molar-refractivity contribution < 1.29 is 13.5 Å². The Kier molecular flexibility index (Phi) is 5.14. The molecule has 1 unspecified atom stereocenters. The maximum Gasteiger partial charge on any atom is 0.243 e. The molecule has 0 amide bonds. The van der Waals surface area contributed by atoms with Gasteiger partial charge in [0.25, 0.3) is 0 Å². The molecule has 1 aromatic rings. The number of aliphatic hydroxyl groups excluding tert-OH is 1. The third-order valence-corrected chi connectivity index (χ3v) is 6.31. The van der Waals surface area contributed by atoms with Crippen molar-refractivity contribution in [2.45, 2.75) is 43.5 Å². The maximum atomic E-state index is 12.8. The number of nitrogen functional groups attached to an aromatic ring is 1. The summed E-state index contributed by atoms with van der Waals surface area (Å²) in [6, 6.07) is 2.88. The van der Waals surface area contributed by atoms with Gasteiger partial charge in [0, 0.05) is 29.9 Å². The van der Waals surface area contributed by atoms with Gasteiger partial charge in [0.1, 0.15) is 0 Å². The van der Waals surface area contributed by atoms with Crippen LogP contribution in [-0.2, 0) is 10.0 Å². The van der Waals surface area contributed by atoms with Crippen molar-refractivity contribution in [3.63, 3.8) is 0 Å². The van der Waals surface area contributed by atoms with Crippen molar-refractivity contribution in [3.8, 4) is 0 Å². The minimum Gasteiger partial charge on any atom is -0.398 e. The van der Waals surface area contributed by atoms with Gasteiger partial charge in [-0.25, -0.2) is 8.42 Å². The molecule has 1 heterocycles. The fourth-order valence-corrected chi connectivity index (χ4v) is 4.78. The first-order valence-corrected chi connectivity index (χ1v) is 8.88. The Balaban J connectivity index is 2.33. The van der Waals surface area contributed by atoms with Crippen LogP contribution >= 0.6 is 11.6 Å². The molecule has 0 radical (unpaired) electrons. The van der Waals surface area contributed by atoms with Crippen molar-refractivity contribution in [1.82, 2.24) is 4.31 Å². The molecular weight excluding hydrogens is 312 g/mol. The molecule has 1 aliphatic heterocycles. The lowest BCUT2D eigenvalue weighted by Crippen LogP contribution is -2.35. The van der Waals surface area contributed by atoms with E-state index in [-0.39, 0.29) is 17.5 Å². The molecule has 5 nitrogen and oxygen atoms in total. The molecule has 1 atom stereocenters. The lowest BCUT2D eigenvalue weighted by atomic mass is 10.1. The highest BCUT2D eigenvalue weighted by Gasteiger charge is 2.35. The molecule has 0 bridgehead atoms. The van der Waals surface area contributed by atoms with Gasteiger partial charge in [-0.3, -0.25) is 0 Å². The second-order valence-electron chi connectivity index (χ2n) is 5.40. The Morgan fingerprint density at radius 2 is 2.19 bits per heavy atom. The summed E-state index contributed by atoms with van der Waals surface area (Å²) in [7, 11) is -3.59. The molecular formula is C14H21ClN2O3S. The van der Waals surface area contributed by atoms with E-state index in [1.165, 1.54) is 16.4 Å². The van der Waals surface area contributed by atoms with Gasteiger partial charge in [0.15, 0.2) is 0 Å². The highest BCUT2D eigenvalue weighted by Crippen LogP contribution is 2.32. The van der Waals surface area contributed by atoms with E-state index in [9.17, 15) is 8.42 Å². The van der Waals surface area contributed by atoms with E-state index in [4.69, 9.17) is 22.4 Å². The lowest BCUT2D eigenvalue weighted by Gasteiger charge is -2.24. The summed E-state index contributed by atoms with van der Waals surface area (Å²) in [5.41, 5.74) is 6.90. The fourth-order valence-electron chi connectivity index (χ4n) is 2.70. The number of nitrogens with zero attached hydrogens (tertiary/aromatic N) is 1. The number of nitrogens with two attached hydrogens (primary N) is 1. The van der Waals surface area contributed by atoms with Crippen LogP contribution in [0.3, 0.4) is 0 Å². The second-order valence-corrected chi connectivity index (χ2v) is 7.69. The van der Waals surface area contributed by atoms with Gasteiger partial charge in [-0.15, -0.1) is 0 Å². The van der Waals surface area contributed by atoms with Gasteiger partial charge in [-0.2, -0.15) is 4.31 Å². The monoisotopic (exact) mass is 332 g/mol. The van der Waals surface area contributed by atoms with E-state index in [1.54, 1.807) is 6.92 Å². The quantitative estimate of drug-likeness (QED) is 0.809. The summed E-state index contributed by atoms with van der Waals surface area (Å²) < 4.78 is 27.1. The number of hydrogen-bond donors (Lipinski definition) is 2. The molecule has 21 heavy (non-hydrogen) atoms. The van der Waals surface area contributed by atoms with Crippen LogP contribution in [0.15, 0.2) is 17.0 Å². The SMILES string of the molecule is Cc1c(N)cc(S(=O)(=O)N2CCCC2CCCO)cc1Cl. The van der Waals surface area contributed by atoms with Crippen molar-refractivity contribution >= 4 is 27.3 Å². The van der Waals surface area contributed by atoms with Gasteiger partial charge < -0.3 is 10.8 Å². The highest BCUT2D eigenvalue weighted by molar-refractivity contribution is 7.89. The van der Waals surface area contributed by atoms with E-state index < -0.39 is 10.0 Å². The minimum absolute atomic E-state index is 0.0524. The molecule has 1 saturated heterocycles. The van der Waals surface area contributed by atoms with Gasteiger partial charge in [-0.1, -0.05) is 11.6 Å². The van der Waals surface area contributed by atoms with Crippen molar-refractivity contribution in [1.29, 1.82) is 0 Å². The molecule has 1 aliphatic rings. The average Bonchev–Trinajstić information content (AvgIpc) is 2.91. The number of halogens is 1. The van der Waals surface area contributed by atoms with E-state index in [0.717, 1.165) is 12.8 Å². The van der Waals surface area contributed by atoms with Crippen LogP contribution in [0.25, 0.3) is 0 Å². The summed E-state index contributed by atoms with van der Waals surface area (Å²) in [5.74, 6) is 0. The number of hydrogen-bond acceptors (Lipinski definition) is 4. The van der Waals surface area contributed by atoms with Crippen LogP contribution in [0, 0.1) is 6.92 Å². The number of sulfonamides is 1. The van der Waals surface area contributed by atoms with Crippen LogP contribution in [0.5, 0.6) is 0 Å². The van der Waals surface area contributed by atoms with Crippen molar-refractivity contribution in [3.05, 3.63) is 22.7 Å². The molecule has 0 saturated carbocycles. The van der Waals surface area contributed by atoms with Crippen molar-refractivity contribution in [2.75, 3.05) is 18.9 Å². The number of aliphatic hydroxyl groups is 1. The first kappa shape index (κ1) is 16.5. The molecule has 3 N–H and O–H groups in total.